The van der Waals surface area contributed by atoms with E-state index in [2.05, 4.69) is 10.3 Å². The van der Waals surface area contributed by atoms with Crippen LogP contribution in [0.5, 0.6) is 0 Å². The highest BCUT2D eigenvalue weighted by Gasteiger charge is 2.44. The minimum Gasteiger partial charge on any atom is -0.337 e. The zero-order chi connectivity index (χ0) is 20.8. The number of carbonyl (C=O) groups excluding carboxylic acids is 2. The van der Waals surface area contributed by atoms with Crippen molar-refractivity contribution in [1.82, 2.24) is 15.2 Å². The third-order valence-corrected chi connectivity index (χ3v) is 8.54. The Hall–Kier alpha value is -1.87. The Labute approximate surface area is 185 Å². The Bertz CT molecular complexity index is 1110. The van der Waals surface area contributed by atoms with Crippen LogP contribution in [-0.4, -0.2) is 47.8 Å². The molecule has 2 aliphatic rings. The summed E-state index contributed by atoms with van der Waals surface area (Å²) in [4.78, 5) is 32.3. The van der Waals surface area contributed by atoms with Crippen molar-refractivity contribution in [2.45, 2.75) is 6.42 Å². The van der Waals surface area contributed by atoms with Gasteiger partial charge in [0.05, 0.1) is 5.02 Å². The molecule has 2 saturated heterocycles. The van der Waals surface area contributed by atoms with Crippen LogP contribution in [0.4, 0.5) is 4.39 Å². The monoisotopic (exact) mass is 463 g/mol. The molecule has 4 heterocycles. The molecular formula is C21H19ClFN3O2S2. The van der Waals surface area contributed by atoms with Crippen LogP contribution < -0.4 is 5.32 Å². The second kappa shape index (κ2) is 8.00. The number of hydrogen-bond donors (Lipinski definition) is 1. The molecule has 2 aliphatic heterocycles. The number of hydrogen-bond acceptors (Lipinski definition) is 6. The summed E-state index contributed by atoms with van der Waals surface area (Å²) in [6.45, 7) is 2.76. The Morgan fingerprint density at radius 1 is 1.30 bits per heavy atom. The smallest absolute Gasteiger partial charge is 0.265 e. The van der Waals surface area contributed by atoms with E-state index >= 15 is 0 Å². The van der Waals surface area contributed by atoms with Crippen molar-refractivity contribution in [3.63, 3.8) is 0 Å². The predicted molar refractivity (Wildman–Crippen MR) is 117 cm³/mol. The molecule has 0 bridgehead atoms. The van der Waals surface area contributed by atoms with Gasteiger partial charge in [0.1, 0.15) is 10.7 Å². The van der Waals surface area contributed by atoms with Crippen molar-refractivity contribution in [2.24, 2.45) is 17.8 Å². The number of aromatic nitrogens is 1. The number of Topliss-reactive ketones (excluding diaryl/α,β-unsaturated/α-hetero) is 1. The summed E-state index contributed by atoms with van der Waals surface area (Å²) in [6, 6.07) is 4.38. The molecule has 2 fully saturated rings. The molecule has 9 heteroatoms. The maximum absolute atomic E-state index is 13.5. The van der Waals surface area contributed by atoms with Gasteiger partial charge in [-0.15, -0.1) is 22.7 Å². The maximum atomic E-state index is 13.5. The van der Waals surface area contributed by atoms with Gasteiger partial charge < -0.3 is 10.2 Å². The van der Waals surface area contributed by atoms with E-state index in [0.717, 1.165) is 13.0 Å². The fourth-order valence-electron chi connectivity index (χ4n) is 4.50. The topological polar surface area (TPSA) is 62.3 Å². The molecule has 156 valence electrons. The normalized spacial score (nSPS) is 22.3. The summed E-state index contributed by atoms with van der Waals surface area (Å²) >= 11 is 9.03. The number of thiophene rings is 1. The number of halogens is 2. The lowest BCUT2D eigenvalue weighted by atomic mass is 9.72. The van der Waals surface area contributed by atoms with E-state index in [1.807, 2.05) is 5.38 Å². The molecule has 5 rings (SSSR count). The van der Waals surface area contributed by atoms with Gasteiger partial charge in [-0.3, -0.25) is 9.59 Å². The van der Waals surface area contributed by atoms with E-state index in [4.69, 9.17) is 11.6 Å². The van der Waals surface area contributed by atoms with Crippen LogP contribution in [0.1, 0.15) is 25.9 Å². The second-order valence-corrected chi connectivity index (χ2v) is 10.1. The van der Waals surface area contributed by atoms with Crippen LogP contribution in [0.3, 0.4) is 0 Å². The van der Waals surface area contributed by atoms with Gasteiger partial charge in [0, 0.05) is 47.2 Å². The average molecular weight is 464 g/mol. The van der Waals surface area contributed by atoms with E-state index < -0.39 is 0 Å². The molecule has 5 nitrogen and oxygen atoms in total. The van der Waals surface area contributed by atoms with Gasteiger partial charge >= 0.3 is 0 Å². The number of fused-ring (bicyclic) bond motifs is 1. The van der Waals surface area contributed by atoms with Gasteiger partial charge in [-0.1, -0.05) is 11.6 Å². The number of carbonyl (C=O) groups is 2. The standard InChI is InChI=1S/C21H19ClFN3O2S2/c22-17-14-2-1-12(23)7-16(14)30-19(17)21(28)26-9-11(10-26)13-3-4-24-8-15(13)18(27)20-25-5-6-29-20/h1-2,5-7,11,13,15,24H,3-4,8-10H2. The lowest BCUT2D eigenvalue weighted by Crippen LogP contribution is -2.57. The molecule has 2 aromatic heterocycles. The molecule has 0 aliphatic carbocycles. The molecular weight excluding hydrogens is 445 g/mol. The fraction of sp³-hybridized carbons (Fsp3) is 0.381. The SMILES string of the molecule is O=C(c1nccs1)C1CNCCC1C1CN(C(=O)c2sc3cc(F)ccc3c2Cl)C1. The average Bonchev–Trinajstić information content (AvgIpc) is 3.35. The highest BCUT2D eigenvalue weighted by atomic mass is 35.5. The Morgan fingerprint density at radius 2 is 2.13 bits per heavy atom. The van der Waals surface area contributed by atoms with Gasteiger partial charge in [-0.05, 0) is 43.0 Å². The van der Waals surface area contributed by atoms with Gasteiger partial charge in [0.2, 0.25) is 0 Å². The van der Waals surface area contributed by atoms with E-state index in [1.54, 1.807) is 17.2 Å². The molecule has 0 saturated carbocycles. The van der Waals surface area contributed by atoms with Crippen molar-refractivity contribution in [3.05, 3.63) is 50.5 Å². The number of rotatable bonds is 4. The zero-order valence-electron chi connectivity index (χ0n) is 15.9. The van der Waals surface area contributed by atoms with Gasteiger partial charge in [-0.2, -0.15) is 0 Å². The molecule has 2 atom stereocenters. The summed E-state index contributed by atoms with van der Waals surface area (Å²) in [5.74, 6) is 0.0544. The van der Waals surface area contributed by atoms with Crippen molar-refractivity contribution in [3.8, 4) is 0 Å². The second-order valence-electron chi connectivity index (χ2n) is 7.82. The summed E-state index contributed by atoms with van der Waals surface area (Å²) in [5.41, 5.74) is 0. The number of amides is 1. The summed E-state index contributed by atoms with van der Waals surface area (Å²) in [5, 5.41) is 6.80. The highest BCUT2D eigenvalue weighted by Crippen LogP contribution is 2.40. The third-order valence-electron chi connectivity index (χ3n) is 6.10. The van der Waals surface area contributed by atoms with Crippen molar-refractivity contribution >= 4 is 56.1 Å². The van der Waals surface area contributed by atoms with Crippen LogP contribution in [-0.2, 0) is 0 Å². The quantitative estimate of drug-likeness (QED) is 0.585. The number of ketones is 1. The molecule has 1 aromatic carbocycles. The minimum absolute atomic E-state index is 0.0987. The number of piperidine rings is 1. The summed E-state index contributed by atoms with van der Waals surface area (Å²) in [7, 11) is 0. The Balaban J connectivity index is 1.30. The minimum atomic E-state index is -0.342. The Morgan fingerprint density at radius 3 is 2.90 bits per heavy atom. The lowest BCUT2D eigenvalue weighted by molar-refractivity contribution is 0.0200. The van der Waals surface area contributed by atoms with Gasteiger partial charge in [0.15, 0.2) is 10.8 Å². The number of nitrogens with one attached hydrogen (secondary N) is 1. The molecule has 30 heavy (non-hydrogen) atoms. The molecule has 1 amide bonds. The largest absolute Gasteiger partial charge is 0.337 e. The highest BCUT2D eigenvalue weighted by molar-refractivity contribution is 7.21. The number of benzene rings is 1. The first-order valence-corrected chi connectivity index (χ1v) is 11.9. The predicted octanol–water partition coefficient (Wildman–Crippen LogP) is 4.33. The van der Waals surface area contributed by atoms with Gasteiger partial charge in [0.25, 0.3) is 5.91 Å². The first kappa shape index (κ1) is 20.1. The molecule has 3 aromatic rings. The molecule has 0 spiro atoms. The van der Waals surface area contributed by atoms with Crippen molar-refractivity contribution in [1.29, 1.82) is 0 Å². The first-order valence-electron chi connectivity index (χ1n) is 9.84. The summed E-state index contributed by atoms with van der Waals surface area (Å²) in [6.07, 6.45) is 2.57. The van der Waals surface area contributed by atoms with E-state index in [1.165, 1.54) is 34.8 Å². The van der Waals surface area contributed by atoms with Gasteiger partial charge in [-0.25, -0.2) is 9.37 Å². The van der Waals surface area contributed by atoms with E-state index in [0.29, 0.717) is 44.6 Å². The summed E-state index contributed by atoms with van der Waals surface area (Å²) < 4.78 is 14.2. The van der Waals surface area contributed by atoms with Crippen LogP contribution in [0.25, 0.3) is 10.1 Å². The van der Waals surface area contributed by atoms with Crippen molar-refractivity contribution in [2.75, 3.05) is 26.2 Å². The number of nitrogens with zero attached hydrogens (tertiary/aromatic N) is 2. The van der Waals surface area contributed by atoms with Crippen LogP contribution in [0.15, 0.2) is 29.8 Å². The van der Waals surface area contributed by atoms with Crippen LogP contribution >= 0.6 is 34.3 Å². The molecule has 2 unspecified atom stereocenters. The van der Waals surface area contributed by atoms with Crippen LogP contribution in [0.2, 0.25) is 5.02 Å². The third kappa shape index (κ3) is 3.45. The zero-order valence-corrected chi connectivity index (χ0v) is 18.3. The van der Waals surface area contributed by atoms with E-state index in [9.17, 15) is 14.0 Å². The maximum Gasteiger partial charge on any atom is 0.265 e. The lowest BCUT2D eigenvalue weighted by Gasteiger charge is -2.47. The Kier molecular flexibility index (Phi) is 5.35. The molecule has 1 N–H and O–H groups in total. The van der Waals surface area contributed by atoms with Crippen molar-refractivity contribution < 1.29 is 14.0 Å². The fourth-order valence-corrected chi connectivity index (χ4v) is 6.65. The number of likely N-dealkylation sites (tertiary alicyclic amines) is 1. The van der Waals surface area contributed by atoms with E-state index in [-0.39, 0.29) is 35.3 Å². The molecule has 0 radical (unpaired) electrons. The first-order chi connectivity index (χ1) is 14.5. The number of thiazole rings is 1. The van der Waals surface area contributed by atoms with Crippen LogP contribution in [0, 0.1) is 23.6 Å².